The van der Waals surface area contributed by atoms with Crippen LogP contribution >= 0.6 is 0 Å². The Morgan fingerprint density at radius 1 is 1.30 bits per heavy atom. The van der Waals surface area contributed by atoms with Gasteiger partial charge in [0.2, 0.25) is 5.91 Å². The monoisotopic (exact) mass is 280 g/mol. The minimum Gasteiger partial charge on any atom is -0.363 e. The van der Waals surface area contributed by atoms with E-state index in [2.05, 4.69) is 0 Å². The van der Waals surface area contributed by atoms with E-state index in [1.54, 1.807) is 9.80 Å². The van der Waals surface area contributed by atoms with E-state index in [-0.39, 0.29) is 41.9 Å². The Labute approximate surface area is 118 Å². The van der Waals surface area contributed by atoms with Crippen LogP contribution in [0, 0.1) is 0 Å². The molecule has 6 heteroatoms. The average Bonchev–Trinajstić information content (AvgIpc) is 2.34. The highest BCUT2D eigenvalue weighted by Gasteiger charge is 2.37. The first kappa shape index (κ1) is 14.7. The van der Waals surface area contributed by atoms with E-state index in [4.69, 9.17) is 4.74 Å². The lowest BCUT2D eigenvalue weighted by molar-refractivity contribution is -0.176. The smallest absolute Gasteiger partial charge is 0.244 e. The number of hydrogen-bond donors (Lipinski definition) is 0. The van der Waals surface area contributed by atoms with Gasteiger partial charge in [0, 0.05) is 12.2 Å². The van der Waals surface area contributed by atoms with Crippen molar-refractivity contribution in [1.29, 1.82) is 0 Å². The molecule has 2 saturated heterocycles. The quantitative estimate of drug-likeness (QED) is 0.423. The van der Waals surface area contributed by atoms with Gasteiger partial charge < -0.3 is 14.5 Å². The molecular weight excluding hydrogens is 260 g/mol. The second kappa shape index (κ2) is 5.75. The van der Waals surface area contributed by atoms with Crippen LogP contribution in [0.4, 0.5) is 0 Å². The lowest BCUT2D eigenvalue weighted by Crippen LogP contribution is -2.61. The molecule has 2 aliphatic heterocycles. The molecule has 20 heavy (non-hydrogen) atoms. The van der Waals surface area contributed by atoms with Crippen molar-refractivity contribution >= 4 is 17.5 Å². The number of nitrogens with zero attached hydrogens (tertiary/aromatic N) is 2. The molecule has 2 fully saturated rings. The predicted octanol–water partition coefficient (Wildman–Crippen LogP) is 0.327. The number of hydrogen-bond acceptors (Lipinski definition) is 5. The Balaban J connectivity index is 2.17. The van der Waals surface area contributed by atoms with Crippen molar-refractivity contribution in [3.63, 3.8) is 0 Å². The third-order valence-corrected chi connectivity index (χ3v) is 3.72. The molecule has 0 spiro atoms. The Morgan fingerprint density at radius 3 is 2.55 bits per heavy atom. The van der Waals surface area contributed by atoms with Gasteiger partial charge in [0.15, 0.2) is 11.6 Å². The maximum absolute atomic E-state index is 12.2. The van der Waals surface area contributed by atoms with Gasteiger partial charge >= 0.3 is 0 Å². The zero-order chi connectivity index (χ0) is 14.9. The maximum atomic E-state index is 12.2. The van der Waals surface area contributed by atoms with Crippen LogP contribution in [0.3, 0.4) is 0 Å². The predicted molar refractivity (Wildman–Crippen MR) is 71.7 cm³/mol. The number of Topliss-reactive ketones (excluding diaryl/α,β-unsaturated/α-hetero) is 2. The summed E-state index contributed by atoms with van der Waals surface area (Å²) in [5.41, 5.74) is 0.120. The molecule has 0 unspecified atom stereocenters. The van der Waals surface area contributed by atoms with Crippen molar-refractivity contribution in [3.8, 4) is 0 Å². The van der Waals surface area contributed by atoms with E-state index < -0.39 is 0 Å². The summed E-state index contributed by atoms with van der Waals surface area (Å²) < 4.78 is 5.62. The molecule has 0 aliphatic carbocycles. The van der Waals surface area contributed by atoms with Crippen LogP contribution in [0.1, 0.15) is 27.2 Å². The molecule has 0 aromatic heterocycles. The van der Waals surface area contributed by atoms with Crippen LogP contribution in [0.15, 0.2) is 11.8 Å². The van der Waals surface area contributed by atoms with Crippen molar-refractivity contribution in [2.45, 2.75) is 39.5 Å². The Hall–Kier alpha value is -1.69. The number of carbonyl (C=O) groups excluding carboxylic acids is 3. The number of piperazine rings is 1. The van der Waals surface area contributed by atoms with Gasteiger partial charge in [-0.2, -0.15) is 0 Å². The van der Waals surface area contributed by atoms with Crippen LogP contribution in [0.5, 0.6) is 0 Å². The molecule has 0 saturated carbocycles. The standard InChI is InChI=1S/C14H20N2O4/c1-9-4-5-20-14-8-15(7-13(19)16(9)14)6-12(10(2)17)11(3)18/h6,9,14H,4-5,7-8H2,1-3H3/t9-,14+/m1/s1. The minimum absolute atomic E-state index is 0.0313. The number of ether oxygens (including phenoxy) is 1. The summed E-state index contributed by atoms with van der Waals surface area (Å²) >= 11 is 0. The van der Waals surface area contributed by atoms with Gasteiger partial charge in [-0.05, 0) is 27.2 Å². The highest BCUT2D eigenvalue weighted by molar-refractivity contribution is 6.18. The highest BCUT2D eigenvalue weighted by atomic mass is 16.5. The molecule has 110 valence electrons. The summed E-state index contributed by atoms with van der Waals surface area (Å²) in [6.45, 7) is 6.00. The lowest BCUT2D eigenvalue weighted by atomic mass is 10.1. The maximum Gasteiger partial charge on any atom is 0.244 e. The Bertz CT molecular complexity index is 456. The Kier molecular flexibility index (Phi) is 4.23. The molecular formula is C14H20N2O4. The number of amides is 1. The van der Waals surface area contributed by atoms with Crippen LogP contribution in [0.2, 0.25) is 0 Å². The fourth-order valence-electron chi connectivity index (χ4n) is 2.66. The third-order valence-electron chi connectivity index (χ3n) is 3.72. The molecule has 2 aliphatic rings. The fourth-order valence-corrected chi connectivity index (χ4v) is 2.66. The lowest BCUT2D eigenvalue weighted by Gasteiger charge is -2.46. The molecule has 0 bridgehead atoms. The summed E-state index contributed by atoms with van der Waals surface area (Å²) in [5.74, 6) is -0.605. The largest absolute Gasteiger partial charge is 0.363 e. The van der Waals surface area contributed by atoms with Gasteiger partial charge in [-0.1, -0.05) is 0 Å². The third kappa shape index (κ3) is 2.90. The van der Waals surface area contributed by atoms with E-state index in [9.17, 15) is 14.4 Å². The zero-order valence-corrected chi connectivity index (χ0v) is 12.1. The van der Waals surface area contributed by atoms with Crippen LogP contribution in [-0.4, -0.2) is 59.2 Å². The van der Waals surface area contributed by atoms with Crippen LogP contribution in [0.25, 0.3) is 0 Å². The minimum atomic E-state index is -0.295. The van der Waals surface area contributed by atoms with Crippen molar-refractivity contribution in [1.82, 2.24) is 9.80 Å². The van der Waals surface area contributed by atoms with Gasteiger partial charge in [-0.25, -0.2) is 0 Å². The molecule has 6 nitrogen and oxygen atoms in total. The van der Waals surface area contributed by atoms with E-state index in [0.717, 1.165) is 6.42 Å². The van der Waals surface area contributed by atoms with Gasteiger partial charge in [0.05, 0.1) is 25.3 Å². The van der Waals surface area contributed by atoms with Crippen molar-refractivity contribution in [2.75, 3.05) is 19.7 Å². The molecule has 2 heterocycles. The molecule has 2 atom stereocenters. The number of ketones is 2. The van der Waals surface area contributed by atoms with Crippen LogP contribution in [-0.2, 0) is 19.1 Å². The average molecular weight is 280 g/mol. The second-order valence-corrected chi connectivity index (χ2v) is 5.35. The van der Waals surface area contributed by atoms with E-state index >= 15 is 0 Å². The molecule has 0 radical (unpaired) electrons. The summed E-state index contributed by atoms with van der Waals surface area (Å²) in [6, 6.07) is 0.174. The van der Waals surface area contributed by atoms with E-state index in [1.807, 2.05) is 6.92 Å². The second-order valence-electron chi connectivity index (χ2n) is 5.35. The first-order valence-corrected chi connectivity index (χ1v) is 6.80. The SMILES string of the molecule is CC(=O)C(=CN1CC(=O)N2[C@H](C)CCO[C@H]2C1)C(C)=O. The number of carbonyl (C=O) groups is 3. The molecule has 0 aromatic carbocycles. The summed E-state index contributed by atoms with van der Waals surface area (Å²) in [7, 11) is 0. The normalized spacial score (nSPS) is 26.1. The summed E-state index contributed by atoms with van der Waals surface area (Å²) in [6.07, 6.45) is 2.03. The van der Waals surface area contributed by atoms with Gasteiger partial charge in [0.25, 0.3) is 0 Å². The molecule has 0 aromatic rings. The first-order valence-electron chi connectivity index (χ1n) is 6.80. The fraction of sp³-hybridized carbons (Fsp3) is 0.643. The molecule has 2 rings (SSSR count). The molecule has 0 N–H and O–H groups in total. The zero-order valence-electron chi connectivity index (χ0n) is 12.1. The molecule has 1 amide bonds. The van der Waals surface area contributed by atoms with Gasteiger partial charge in [-0.3, -0.25) is 14.4 Å². The van der Waals surface area contributed by atoms with Crippen molar-refractivity contribution < 1.29 is 19.1 Å². The van der Waals surface area contributed by atoms with E-state index in [0.29, 0.717) is 13.2 Å². The van der Waals surface area contributed by atoms with Gasteiger partial charge in [-0.15, -0.1) is 0 Å². The number of fused-ring (bicyclic) bond motifs is 1. The van der Waals surface area contributed by atoms with Crippen LogP contribution < -0.4 is 0 Å². The van der Waals surface area contributed by atoms with E-state index in [1.165, 1.54) is 20.0 Å². The van der Waals surface area contributed by atoms with Crippen molar-refractivity contribution in [2.24, 2.45) is 0 Å². The van der Waals surface area contributed by atoms with Gasteiger partial charge in [0.1, 0.15) is 6.23 Å². The number of allylic oxidation sites excluding steroid dienone is 1. The first-order chi connectivity index (χ1) is 9.40. The highest BCUT2D eigenvalue weighted by Crippen LogP contribution is 2.22. The Morgan fingerprint density at radius 2 is 1.95 bits per heavy atom. The number of rotatable bonds is 3. The summed E-state index contributed by atoms with van der Waals surface area (Å²) in [4.78, 5) is 38.5. The van der Waals surface area contributed by atoms with Crippen molar-refractivity contribution in [3.05, 3.63) is 11.8 Å². The summed E-state index contributed by atoms with van der Waals surface area (Å²) in [5, 5.41) is 0. The topological polar surface area (TPSA) is 66.9 Å².